The van der Waals surface area contributed by atoms with Crippen molar-refractivity contribution >= 4 is 138 Å². The Morgan fingerprint density at radius 3 is 0.849 bits per heavy atom. The van der Waals surface area contributed by atoms with Crippen LogP contribution in [0, 0.1) is 0 Å². The number of halogens is 6. The van der Waals surface area contributed by atoms with Crippen LogP contribution >= 0.6 is 11.3 Å². The Labute approximate surface area is 348 Å². The fraction of sp³-hybridized carbons (Fsp3) is 0. The van der Waals surface area contributed by atoms with Crippen molar-refractivity contribution in [3.8, 4) is 37.8 Å². The van der Waals surface area contributed by atoms with Crippen LogP contribution in [-0.2, 0) is 18.1 Å². The fourth-order valence-electron chi connectivity index (χ4n) is 3.08. The molecule has 0 fully saturated rings. The van der Waals surface area contributed by atoms with Crippen LogP contribution in [0.15, 0.2) is 91.0 Å². The molecule has 6 radical (unpaired) electrons. The van der Waals surface area contributed by atoms with E-state index < -0.39 is 126 Å². The summed E-state index contributed by atoms with van der Waals surface area (Å²) in [5.74, 6) is 0. The third kappa shape index (κ3) is 41.5. The van der Waals surface area contributed by atoms with E-state index in [2.05, 4.69) is 0 Å². The normalized spacial score (nSPS) is 7.83. The van der Waals surface area contributed by atoms with Crippen molar-refractivity contribution in [1.29, 1.82) is 0 Å². The van der Waals surface area contributed by atoms with Crippen LogP contribution in [0.25, 0.3) is 32.7 Å². The zero-order chi connectivity index (χ0) is 36.5. The van der Waals surface area contributed by atoms with E-state index in [1.54, 1.807) is 0 Å². The summed E-state index contributed by atoms with van der Waals surface area (Å²) >= 11 is -23.8. The molecular weight excluding hydrogens is 1430 g/mol. The second kappa shape index (κ2) is 43.1. The number of hydrogen-bond donors (Lipinski definition) is 0. The number of hydrogen-bond acceptors (Lipinski definition) is 19. The maximum absolute atomic E-state index is 11.5. The van der Waals surface area contributed by atoms with Gasteiger partial charge in [0.2, 0.25) is 0 Å². The molecule has 0 amide bonds. The molecule has 4 aromatic rings. The summed E-state index contributed by atoms with van der Waals surface area (Å²) in [7, 11) is 0. The fourth-order valence-corrected chi connectivity index (χ4v) is 5.58. The van der Waals surface area contributed by atoms with Gasteiger partial charge >= 0.3 is 325 Å². The first-order valence-corrected chi connectivity index (χ1v) is 30.7. The molecule has 0 saturated carbocycles. The Bertz CT molecular complexity index is 1510. The van der Waals surface area contributed by atoms with Crippen molar-refractivity contribution in [2.75, 3.05) is 0 Å². The quantitative estimate of drug-likeness (QED) is 0.132. The van der Waals surface area contributed by atoms with Crippen LogP contribution in [0.3, 0.4) is 0 Å². The molecule has 3 aromatic carbocycles. The van der Waals surface area contributed by atoms with Crippen molar-refractivity contribution in [2.24, 2.45) is 0 Å². The van der Waals surface area contributed by atoms with Crippen LogP contribution < -0.4 is 40.3 Å². The topological polar surface area (TPSA) is 365 Å². The van der Waals surface area contributed by atoms with Gasteiger partial charge in [-0.25, -0.2) is 0 Å². The zero-order valence-corrected chi connectivity index (χ0v) is 41.2. The molecular formula is C22H21F6O18SSb6-11. The first kappa shape index (κ1) is 70.8. The minimum atomic E-state index is -4.20. The summed E-state index contributed by atoms with van der Waals surface area (Å²) in [6.07, 6.45) is 0. The van der Waals surface area contributed by atoms with Gasteiger partial charge in [-0.2, -0.15) is 0 Å². The monoisotopic (exact) mass is 1440 g/mol. The summed E-state index contributed by atoms with van der Waals surface area (Å²) in [5.41, 5.74) is 4.82. The summed E-state index contributed by atoms with van der Waals surface area (Å²) in [6, 6.07) is 29.8. The second-order valence-corrected chi connectivity index (χ2v) is 16.2. The van der Waals surface area contributed by atoms with E-state index in [0.717, 1.165) is 32.7 Å². The van der Waals surface area contributed by atoms with Gasteiger partial charge in [-0.3, -0.25) is 28.2 Å². The van der Waals surface area contributed by atoms with E-state index in [-0.39, 0.29) is 28.2 Å². The molecule has 0 aliphatic carbocycles. The number of rotatable bonds is 5. The first-order valence-electron chi connectivity index (χ1n) is 11.1. The SMILES string of the molecule is F.F.F.F.F.F.[O]=[Sb]([O-])[O-].[O]=[Sb]([O-])[O-].[O]=[Sb]([O-])[O-].[O]=[Sb]([O-])[O-].[O]=[Sb]([O-])[O-].[O]=[Sb]([O-])[O]c1sc(-c2ccccc2)c(-c2ccccc2)c1-c1ccccc1. The predicted molar refractivity (Wildman–Crippen MR) is 155 cm³/mol. The molecule has 0 N–H and O–H groups in total. The Morgan fingerprint density at radius 1 is 0.377 bits per heavy atom. The van der Waals surface area contributed by atoms with Gasteiger partial charge in [-0.15, -0.1) is 0 Å². The zero-order valence-electron chi connectivity index (χ0n) is 25.0. The summed E-state index contributed by atoms with van der Waals surface area (Å²) in [4.78, 5) is 0.998. The Balaban J connectivity index is -0.000000109. The van der Waals surface area contributed by atoms with E-state index in [4.69, 9.17) is 52.0 Å². The first-order chi connectivity index (χ1) is 21.9. The number of thiophene rings is 1. The van der Waals surface area contributed by atoms with Gasteiger partial charge in [0.15, 0.2) is 0 Å². The van der Waals surface area contributed by atoms with E-state index in [0.29, 0.717) is 5.06 Å². The Kier molecular flexibility index (Phi) is 57.6. The third-order valence-corrected chi connectivity index (χ3v) is 6.63. The molecule has 0 aliphatic rings. The van der Waals surface area contributed by atoms with Gasteiger partial charge in [0.25, 0.3) is 0 Å². The van der Waals surface area contributed by atoms with Crippen molar-refractivity contribution < 1.29 is 86.6 Å². The van der Waals surface area contributed by atoms with Crippen molar-refractivity contribution in [3.63, 3.8) is 0 Å². The van der Waals surface area contributed by atoms with E-state index in [1.165, 1.54) is 11.3 Å². The molecule has 0 bridgehead atoms. The van der Waals surface area contributed by atoms with Gasteiger partial charge < -0.3 is 0 Å². The molecule has 306 valence electrons. The van der Waals surface area contributed by atoms with E-state index >= 15 is 0 Å². The molecule has 53 heavy (non-hydrogen) atoms. The molecule has 18 nitrogen and oxygen atoms in total. The summed E-state index contributed by atoms with van der Waals surface area (Å²) in [6.45, 7) is 0. The van der Waals surface area contributed by atoms with Crippen LogP contribution in [0.4, 0.5) is 28.2 Å². The second-order valence-electron chi connectivity index (χ2n) is 7.00. The van der Waals surface area contributed by atoms with Gasteiger partial charge in [0.05, 0.1) is 0 Å². The average Bonchev–Trinajstić information content (AvgIpc) is 3.31. The molecule has 0 atom stereocenters. The Hall–Kier alpha value is 0.00909. The number of benzene rings is 3. The van der Waals surface area contributed by atoms with Crippen molar-refractivity contribution in [1.82, 2.24) is 0 Å². The van der Waals surface area contributed by atoms with Gasteiger partial charge in [0, 0.05) is 0 Å². The molecule has 4 rings (SSSR count). The van der Waals surface area contributed by atoms with Crippen LogP contribution in [0.1, 0.15) is 0 Å². The standard InChI is InChI=1S/C22H16OS.6FH.17O.6Sb/c23-22-20(17-12-6-2-7-13-17)19(16-10-4-1-5-11-16)21(24-22)18-14-8-3-9-15-18;;;;;;;;;;;;;;;;;;;;;;;;;;;;;/h1-15,23H;6*1H;;;;;;;;;;;;;;;;;;;;;;;/q;;;;;;;;;;;;;11*-1;;;;;;+1/p-1. The van der Waals surface area contributed by atoms with Gasteiger partial charge in [0.1, 0.15) is 0 Å². The molecule has 0 spiro atoms. The predicted octanol–water partition coefficient (Wildman–Crippen LogP) is -8.57. The van der Waals surface area contributed by atoms with E-state index in [9.17, 15) is 6.40 Å². The molecule has 1 aromatic heterocycles. The van der Waals surface area contributed by atoms with Crippen LogP contribution in [-0.4, -0.2) is 126 Å². The minimum absolute atomic E-state index is 0. The van der Waals surface area contributed by atoms with Crippen LogP contribution in [0.2, 0.25) is 0 Å². The van der Waals surface area contributed by atoms with E-state index in [1.807, 2.05) is 91.0 Å². The molecule has 31 heteroatoms. The third-order valence-electron chi connectivity index (χ3n) is 4.19. The van der Waals surface area contributed by atoms with Gasteiger partial charge in [-0.1, -0.05) is 0 Å². The van der Waals surface area contributed by atoms with Crippen molar-refractivity contribution in [3.05, 3.63) is 91.0 Å². The molecule has 0 aliphatic heterocycles. The average molecular weight is 1450 g/mol. The summed E-state index contributed by atoms with van der Waals surface area (Å²) in [5, 5.41) is 0.437. The van der Waals surface area contributed by atoms with Gasteiger partial charge in [-0.05, 0) is 0 Å². The van der Waals surface area contributed by atoms with Crippen molar-refractivity contribution in [2.45, 2.75) is 0 Å². The maximum atomic E-state index is 11.5. The summed E-state index contributed by atoms with van der Waals surface area (Å²) < 4.78 is 157. The molecule has 1 heterocycles. The molecule has 0 saturated heterocycles. The van der Waals surface area contributed by atoms with Crippen LogP contribution in [0.5, 0.6) is 5.06 Å². The molecule has 0 unspecified atom stereocenters. The Morgan fingerprint density at radius 2 is 0.604 bits per heavy atom.